The molecule has 1 aromatic heterocycles. The van der Waals surface area contributed by atoms with E-state index in [-0.39, 0.29) is 4.08 Å². The fourth-order valence-electron chi connectivity index (χ4n) is 2.62. The second-order valence-corrected chi connectivity index (χ2v) is 8.62. The summed E-state index contributed by atoms with van der Waals surface area (Å²) in [6, 6.07) is 11.0. The van der Waals surface area contributed by atoms with E-state index in [9.17, 15) is 0 Å². The Morgan fingerprint density at radius 3 is 2.90 bits per heavy atom. The summed E-state index contributed by atoms with van der Waals surface area (Å²) in [4.78, 5) is 4.15. The quantitative estimate of drug-likeness (QED) is 0.834. The van der Waals surface area contributed by atoms with Crippen molar-refractivity contribution in [3.63, 3.8) is 0 Å². The van der Waals surface area contributed by atoms with E-state index in [4.69, 9.17) is 0 Å². The van der Waals surface area contributed by atoms with Crippen LogP contribution in [0, 0.1) is 0 Å². The molecule has 0 aliphatic carbocycles. The van der Waals surface area contributed by atoms with Gasteiger partial charge in [-0.2, -0.15) is 0 Å². The van der Waals surface area contributed by atoms with Crippen LogP contribution in [0.3, 0.4) is 0 Å². The Morgan fingerprint density at radius 1 is 1.35 bits per heavy atom. The molecule has 4 heteroatoms. The molecule has 3 rings (SSSR count). The molecule has 20 heavy (non-hydrogen) atoms. The van der Waals surface area contributed by atoms with Crippen LogP contribution in [0.4, 0.5) is 0 Å². The van der Waals surface area contributed by atoms with Crippen molar-refractivity contribution in [2.24, 2.45) is 0 Å². The lowest BCUT2D eigenvalue weighted by molar-refractivity contribution is 0.606. The van der Waals surface area contributed by atoms with Gasteiger partial charge in [0.15, 0.2) is 0 Å². The molecule has 0 saturated carbocycles. The normalized spacial score (nSPS) is 26.6. The Hall–Kier alpha value is -0.870. The number of hydrogen-bond acceptors (Lipinski definition) is 3. The fourth-order valence-corrected chi connectivity index (χ4v) is 6.49. The topological polar surface area (TPSA) is 17.8 Å². The molecular weight excluding hydrogens is 284 g/mol. The van der Waals surface area contributed by atoms with E-state index in [1.807, 2.05) is 12.5 Å². The van der Waals surface area contributed by atoms with Crippen LogP contribution in [-0.2, 0) is 10.6 Å². The third-order valence-electron chi connectivity index (χ3n) is 3.72. The van der Waals surface area contributed by atoms with Gasteiger partial charge in [-0.25, -0.2) is 4.98 Å². The summed E-state index contributed by atoms with van der Waals surface area (Å²) in [5.74, 6) is 1.26. The molecular formula is C16H20N2S2. The number of aromatic nitrogens is 2. The minimum atomic E-state index is 0.198. The van der Waals surface area contributed by atoms with Crippen LogP contribution in [0.5, 0.6) is 0 Å². The third-order valence-corrected chi connectivity index (χ3v) is 7.17. The second-order valence-electron chi connectivity index (χ2n) is 5.24. The molecule has 1 aliphatic rings. The van der Waals surface area contributed by atoms with E-state index >= 15 is 0 Å². The number of imidazole rings is 1. The van der Waals surface area contributed by atoms with Gasteiger partial charge in [0, 0.05) is 24.2 Å². The van der Waals surface area contributed by atoms with Gasteiger partial charge < -0.3 is 4.57 Å². The SMILES string of the molecule is CC1CCSC(CCn2ccnc2)(c2ccccc2)S1. The second kappa shape index (κ2) is 6.27. The first-order valence-corrected chi connectivity index (χ1v) is 8.98. The van der Waals surface area contributed by atoms with Crippen molar-refractivity contribution >= 4 is 23.5 Å². The summed E-state index contributed by atoms with van der Waals surface area (Å²) in [5, 5.41) is 0.735. The molecule has 2 heterocycles. The van der Waals surface area contributed by atoms with Gasteiger partial charge in [0.1, 0.15) is 0 Å². The van der Waals surface area contributed by atoms with Crippen molar-refractivity contribution in [3.05, 3.63) is 54.6 Å². The molecule has 2 nitrogen and oxygen atoms in total. The molecule has 2 aromatic rings. The number of aryl methyl sites for hydroxylation is 1. The van der Waals surface area contributed by atoms with Crippen LogP contribution in [0.1, 0.15) is 25.3 Å². The van der Waals surface area contributed by atoms with Gasteiger partial charge in [0.2, 0.25) is 0 Å². The highest BCUT2D eigenvalue weighted by atomic mass is 32.2. The molecule has 0 spiro atoms. The summed E-state index contributed by atoms with van der Waals surface area (Å²) in [6.45, 7) is 3.39. The Morgan fingerprint density at radius 2 is 2.20 bits per heavy atom. The number of rotatable bonds is 4. The zero-order valence-electron chi connectivity index (χ0n) is 11.7. The van der Waals surface area contributed by atoms with Gasteiger partial charge in [-0.1, -0.05) is 37.3 Å². The van der Waals surface area contributed by atoms with E-state index in [0.29, 0.717) is 0 Å². The zero-order valence-corrected chi connectivity index (χ0v) is 13.4. The van der Waals surface area contributed by atoms with Crippen LogP contribution >= 0.6 is 23.5 Å². The van der Waals surface area contributed by atoms with E-state index in [2.05, 4.69) is 76.5 Å². The van der Waals surface area contributed by atoms with E-state index < -0.39 is 0 Å². The zero-order chi connectivity index (χ0) is 13.8. The molecule has 0 N–H and O–H groups in total. The van der Waals surface area contributed by atoms with Gasteiger partial charge in [0.05, 0.1) is 10.4 Å². The lowest BCUT2D eigenvalue weighted by atomic mass is 10.1. The molecule has 1 aromatic carbocycles. The monoisotopic (exact) mass is 304 g/mol. The van der Waals surface area contributed by atoms with E-state index in [1.54, 1.807) is 0 Å². The molecule has 1 saturated heterocycles. The van der Waals surface area contributed by atoms with Crippen molar-refractivity contribution in [2.45, 2.75) is 35.6 Å². The maximum absolute atomic E-state index is 4.15. The minimum Gasteiger partial charge on any atom is -0.337 e. The van der Waals surface area contributed by atoms with Crippen molar-refractivity contribution < 1.29 is 0 Å². The molecule has 2 unspecified atom stereocenters. The fraction of sp³-hybridized carbons (Fsp3) is 0.438. The number of nitrogens with zero attached hydrogens (tertiary/aromatic N) is 2. The first-order chi connectivity index (χ1) is 9.78. The Balaban J connectivity index is 1.83. The number of hydrogen-bond donors (Lipinski definition) is 0. The summed E-state index contributed by atoms with van der Waals surface area (Å²) >= 11 is 4.26. The molecule has 1 fully saturated rings. The number of thioether (sulfide) groups is 2. The molecule has 2 atom stereocenters. The minimum absolute atomic E-state index is 0.198. The van der Waals surface area contributed by atoms with Gasteiger partial charge in [-0.3, -0.25) is 0 Å². The van der Waals surface area contributed by atoms with Gasteiger partial charge >= 0.3 is 0 Å². The Kier molecular flexibility index (Phi) is 4.41. The Bertz CT molecular complexity index is 527. The van der Waals surface area contributed by atoms with Crippen LogP contribution in [-0.4, -0.2) is 20.6 Å². The maximum Gasteiger partial charge on any atom is 0.0945 e. The summed E-state index contributed by atoms with van der Waals surface area (Å²) < 4.78 is 2.38. The largest absolute Gasteiger partial charge is 0.337 e. The van der Waals surface area contributed by atoms with Gasteiger partial charge in [-0.15, -0.1) is 23.5 Å². The maximum atomic E-state index is 4.15. The standard InChI is InChI=1S/C16H20N2S2/c1-14-7-12-19-16(20-14,15-5-3-2-4-6-15)8-10-18-11-9-17-13-18/h2-6,9,11,13-14H,7-8,10,12H2,1H3. The Labute approximate surface area is 129 Å². The van der Waals surface area contributed by atoms with Crippen LogP contribution in [0.2, 0.25) is 0 Å². The van der Waals surface area contributed by atoms with Gasteiger partial charge in [0.25, 0.3) is 0 Å². The predicted molar refractivity (Wildman–Crippen MR) is 89.1 cm³/mol. The molecule has 106 valence electrons. The molecule has 0 bridgehead atoms. The van der Waals surface area contributed by atoms with Crippen molar-refractivity contribution in [1.29, 1.82) is 0 Å². The lowest BCUT2D eigenvalue weighted by Crippen LogP contribution is -2.27. The summed E-state index contributed by atoms with van der Waals surface area (Å²) in [5.41, 5.74) is 1.46. The molecule has 0 amide bonds. The molecule has 1 aliphatic heterocycles. The van der Waals surface area contributed by atoms with E-state index in [1.165, 1.54) is 17.7 Å². The van der Waals surface area contributed by atoms with Gasteiger partial charge in [-0.05, 0) is 24.2 Å². The van der Waals surface area contributed by atoms with E-state index in [0.717, 1.165) is 18.2 Å². The first kappa shape index (κ1) is 14.1. The highest BCUT2D eigenvalue weighted by molar-refractivity contribution is 8.18. The summed E-state index contributed by atoms with van der Waals surface area (Å²) in [6.07, 6.45) is 8.29. The highest BCUT2D eigenvalue weighted by Crippen LogP contribution is 2.55. The van der Waals surface area contributed by atoms with Crippen LogP contribution in [0.15, 0.2) is 49.1 Å². The molecule has 0 radical (unpaired) electrons. The highest BCUT2D eigenvalue weighted by Gasteiger charge is 2.37. The van der Waals surface area contributed by atoms with Crippen molar-refractivity contribution in [1.82, 2.24) is 9.55 Å². The third kappa shape index (κ3) is 3.07. The van der Waals surface area contributed by atoms with Crippen molar-refractivity contribution in [2.75, 3.05) is 5.75 Å². The van der Waals surface area contributed by atoms with Crippen LogP contribution < -0.4 is 0 Å². The average molecular weight is 304 g/mol. The van der Waals surface area contributed by atoms with Crippen molar-refractivity contribution in [3.8, 4) is 0 Å². The predicted octanol–water partition coefficient (Wildman–Crippen LogP) is 4.38. The van der Waals surface area contributed by atoms with Crippen LogP contribution in [0.25, 0.3) is 0 Å². The first-order valence-electron chi connectivity index (χ1n) is 7.11. The summed E-state index contributed by atoms with van der Waals surface area (Å²) in [7, 11) is 0. The average Bonchev–Trinajstić information content (AvgIpc) is 3.00. The lowest BCUT2D eigenvalue weighted by Gasteiger charge is -2.39. The smallest absolute Gasteiger partial charge is 0.0945 e. The number of benzene rings is 1.